The van der Waals surface area contributed by atoms with Gasteiger partial charge >= 0.3 is 0 Å². The van der Waals surface area contributed by atoms with Crippen LogP contribution >= 0.6 is 0 Å². The first-order valence-corrected chi connectivity index (χ1v) is 9.22. The van der Waals surface area contributed by atoms with Gasteiger partial charge in [0.1, 0.15) is 0 Å². The molecule has 0 saturated heterocycles. The number of hydrogen-bond acceptors (Lipinski definition) is 4. The Balaban J connectivity index is 2.20. The predicted molar refractivity (Wildman–Crippen MR) is 96.3 cm³/mol. The number of Topliss-reactive ketones (excluding diaryl/α,β-unsaturated/α-hetero) is 1. The van der Waals surface area contributed by atoms with E-state index in [9.17, 15) is 18.0 Å². The molecule has 0 aromatic heterocycles. The van der Waals surface area contributed by atoms with Crippen LogP contribution in [0.3, 0.4) is 0 Å². The quantitative estimate of drug-likeness (QED) is 0.775. The molecule has 0 unspecified atom stereocenters. The summed E-state index contributed by atoms with van der Waals surface area (Å²) in [4.78, 5) is 23.6. The second-order valence-corrected chi connectivity index (χ2v) is 7.61. The van der Waals surface area contributed by atoms with Gasteiger partial charge in [0.2, 0.25) is 10.0 Å². The Kier molecular flexibility index (Phi) is 5.71. The van der Waals surface area contributed by atoms with Crippen molar-refractivity contribution in [2.24, 2.45) is 0 Å². The van der Waals surface area contributed by atoms with Crippen LogP contribution in [0, 0.1) is 0 Å². The monoisotopic (exact) mass is 360 g/mol. The predicted octanol–water partition coefficient (Wildman–Crippen LogP) is 2.83. The summed E-state index contributed by atoms with van der Waals surface area (Å²) in [6, 6.07) is 12.0. The summed E-state index contributed by atoms with van der Waals surface area (Å²) in [6.07, 6.45) is 0. The molecule has 0 aliphatic rings. The molecule has 0 aliphatic carbocycles. The zero-order chi connectivity index (χ0) is 18.6. The third kappa shape index (κ3) is 4.98. The lowest BCUT2D eigenvalue weighted by Gasteiger charge is -2.11. The number of hydrogen-bond donors (Lipinski definition) is 2. The van der Waals surface area contributed by atoms with Gasteiger partial charge in [-0.3, -0.25) is 9.59 Å². The maximum absolute atomic E-state index is 12.3. The van der Waals surface area contributed by atoms with Crippen molar-refractivity contribution in [2.45, 2.75) is 31.7 Å². The highest BCUT2D eigenvalue weighted by Gasteiger charge is 2.17. The van der Waals surface area contributed by atoms with E-state index in [0.717, 1.165) is 0 Å². The molecule has 0 heterocycles. The molecule has 7 heteroatoms. The number of nitrogens with one attached hydrogen (secondary N) is 2. The lowest BCUT2D eigenvalue weighted by molar-refractivity contribution is 0.101. The van der Waals surface area contributed by atoms with Gasteiger partial charge in [0.05, 0.1) is 4.90 Å². The van der Waals surface area contributed by atoms with E-state index < -0.39 is 15.9 Å². The molecular weight excluding hydrogens is 340 g/mol. The highest BCUT2D eigenvalue weighted by molar-refractivity contribution is 7.89. The molecular formula is C18H20N2O4S. The van der Waals surface area contributed by atoms with E-state index in [1.54, 1.807) is 38.1 Å². The van der Waals surface area contributed by atoms with Crippen LogP contribution < -0.4 is 10.0 Å². The van der Waals surface area contributed by atoms with E-state index in [0.29, 0.717) is 11.3 Å². The Morgan fingerprint density at radius 2 is 1.60 bits per heavy atom. The lowest BCUT2D eigenvalue weighted by atomic mass is 10.1. The number of carbonyl (C=O) groups is 2. The largest absolute Gasteiger partial charge is 0.322 e. The molecule has 0 saturated carbocycles. The SMILES string of the molecule is CC(=O)c1ccc(NC(=O)c2cccc(S(=O)(=O)NC(C)C)c2)cc1. The Morgan fingerprint density at radius 3 is 2.16 bits per heavy atom. The Bertz CT molecular complexity index is 888. The van der Waals surface area contributed by atoms with Crippen molar-refractivity contribution in [3.8, 4) is 0 Å². The highest BCUT2D eigenvalue weighted by Crippen LogP contribution is 2.15. The van der Waals surface area contributed by atoms with Crippen molar-refractivity contribution in [3.63, 3.8) is 0 Å². The van der Waals surface area contributed by atoms with Gasteiger partial charge in [-0.25, -0.2) is 13.1 Å². The topological polar surface area (TPSA) is 92.3 Å². The van der Waals surface area contributed by atoms with Crippen LogP contribution in [-0.2, 0) is 10.0 Å². The minimum atomic E-state index is -3.67. The van der Waals surface area contributed by atoms with E-state index in [1.165, 1.54) is 31.2 Å². The van der Waals surface area contributed by atoms with Crippen LogP contribution in [-0.4, -0.2) is 26.2 Å². The Labute approximate surface area is 147 Å². The fourth-order valence-corrected chi connectivity index (χ4v) is 3.47. The minimum Gasteiger partial charge on any atom is -0.322 e. The summed E-state index contributed by atoms with van der Waals surface area (Å²) in [7, 11) is -3.67. The molecule has 1 amide bonds. The molecule has 25 heavy (non-hydrogen) atoms. The van der Waals surface area contributed by atoms with Gasteiger partial charge in [0.25, 0.3) is 5.91 Å². The highest BCUT2D eigenvalue weighted by atomic mass is 32.2. The summed E-state index contributed by atoms with van der Waals surface area (Å²) >= 11 is 0. The molecule has 0 aliphatic heterocycles. The Morgan fingerprint density at radius 1 is 0.960 bits per heavy atom. The number of rotatable bonds is 6. The number of benzene rings is 2. The summed E-state index contributed by atoms with van der Waals surface area (Å²) in [5.74, 6) is -0.495. The molecule has 2 aromatic carbocycles. The zero-order valence-electron chi connectivity index (χ0n) is 14.2. The standard InChI is InChI=1S/C18H20N2O4S/c1-12(2)20-25(23,24)17-6-4-5-15(11-17)18(22)19-16-9-7-14(8-10-16)13(3)21/h4-12,20H,1-3H3,(H,19,22). The molecule has 0 radical (unpaired) electrons. The van der Waals surface area contributed by atoms with E-state index in [1.807, 2.05) is 0 Å². The van der Waals surface area contributed by atoms with Crippen molar-refractivity contribution in [1.29, 1.82) is 0 Å². The Hall–Kier alpha value is -2.51. The number of carbonyl (C=O) groups excluding carboxylic acids is 2. The van der Waals surface area contributed by atoms with Crippen LogP contribution in [0.4, 0.5) is 5.69 Å². The van der Waals surface area contributed by atoms with Crippen LogP contribution in [0.15, 0.2) is 53.4 Å². The van der Waals surface area contributed by atoms with Crippen molar-refractivity contribution < 1.29 is 18.0 Å². The number of ketones is 1. The molecule has 0 bridgehead atoms. The van der Waals surface area contributed by atoms with E-state index in [-0.39, 0.29) is 22.3 Å². The molecule has 2 rings (SSSR count). The first kappa shape index (κ1) is 18.8. The average Bonchev–Trinajstić information content (AvgIpc) is 2.54. The van der Waals surface area contributed by atoms with Crippen LogP contribution in [0.25, 0.3) is 0 Å². The maximum Gasteiger partial charge on any atom is 0.255 e. The first-order chi connectivity index (χ1) is 11.7. The van der Waals surface area contributed by atoms with Crippen molar-refractivity contribution in [2.75, 3.05) is 5.32 Å². The second-order valence-electron chi connectivity index (χ2n) is 5.89. The van der Waals surface area contributed by atoms with Gasteiger partial charge in [0, 0.05) is 22.9 Å². The van der Waals surface area contributed by atoms with Gasteiger partial charge in [-0.1, -0.05) is 6.07 Å². The van der Waals surface area contributed by atoms with Crippen molar-refractivity contribution in [1.82, 2.24) is 4.72 Å². The van der Waals surface area contributed by atoms with Crippen LogP contribution in [0.2, 0.25) is 0 Å². The minimum absolute atomic E-state index is 0.0285. The first-order valence-electron chi connectivity index (χ1n) is 7.74. The second kappa shape index (κ2) is 7.58. The summed E-state index contributed by atoms with van der Waals surface area (Å²) in [5, 5.41) is 2.68. The van der Waals surface area contributed by atoms with Gasteiger partial charge in [-0.15, -0.1) is 0 Å². The molecule has 2 aromatic rings. The fraction of sp³-hybridized carbons (Fsp3) is 0.222. The number of sulfonamides is 1. The molecule has 0 atom stereocenters. The van der Waals surface area contributed by atoms with Gasteiger partial charge in [-0.05, 0) is 63.2 Å². The number of amides is 1. The lowest BCUT2D eigenvalue weighted by Crippen LogP contribution is -2.30. The van der Waals surface area contributed by atoms with Crippen LogP contribution in [0.1, 0.15) is 41.5 Å². The third-order valence-electron chi connectivity index (χ3n) is 3.35. The molecule has 0 spiro atoms. The normalized spacial score (nSPS) is 11.4. The fourth-order valence-electron chi connectivity index (χ4n) is 2.17. The number of anilines is 1. The zero-order valence-corrected chi connectivity index (χ0v) is 15.1. The molecule has 2 N–H and O–H groups in total. The van der Waals surface area contributed by atoms with E-state index in [2.05, 4.69) is 10.0 Å². The molecule has 6 nitrogen and oxygen atoms in total. The molecule has 132 valence electrons. The van der Waals surface area contributed by atoms with Gasteiger partial charge < -0.3 is 5.32 Å². The molecule has 0 fully saturated rings. The van der Waals surface area contributed by atoms with E-state index in [4.69, 9.17) is 0 Å². The summed E-state index contributed by atoms with van der Waals surface area (Å²) in [5.41, 5.74) is 1.29. The van der Waals surface area contributed by atoms with Gasteiger partial charge in [-0.2, -0.15) is 0 Å². The van der Waals surface area contributed by atoms with Gasteiger partial charge in [0.15, 0.2) is 5.78 Å². The summed E-state index contributed by atoms with van der Waals surface area (Å²) in [6.45, 7) is 4.91. The maximum atomic E-state index is 12.3. The summed E-state index contributed by atoms with van der Waals surface area (Å²) < 4.78 is 26.9. The van der Waals surface area contributed by atoms with E-state index >= 15 is 0 Å². The smallest absolute Gasteiger partial charge is 0.255 e. The van der Waals surface area contributed by atoms with Crippen molar-refractivity contribution >= 4 is 27.4 Å². The van der Waals surface area contributed by atoms with Crippen LogP contribution in [0.5, 0.6) is 0 Å². The van der Waals surface area contributed by atoms with Crippen molar-refractivity contribution in [3.05, 3.63) is 59.7 Å². The average molecular weight is 360 g/mol. The third-order valence-corrected chi connectivity index (χ3v) is 5.00.